The van der Waals surface area contributed by atoms with Gasteiger partial charge in [0.15, 0.2) is 5.78 Å². The first-order chi connectivity index (χ1) is 16.0. The van der Waals surface area contributed by atoms with Gasteiger partial charge in [-0.3, -0.25) is 19.2 Å². The Balaban J connectivity index is 1.76. The van der Waals surface area contributed by atoms with Gasteiger partial charge in [0, 0.05) is 37.8 Å². The zero-order valence-corrected chi connectivity index (χ0v) is 21.2. The molecule has 2 saturated heterocycles. The average Bonchev–Trinajstić information content (AvgIpc) is 3.38. The number of anilines is 1. The van der Waals surface area contributed by atoms with Crippen molar-refractivity contribution in [3.8, 4) is 0 Å². The number of rotatable bonds is 8. The van der Waals surface area contributed by atoms with Crippen molar-refractivity contribution in [2.45, 2.75) is 65.1 Å². The lowest BCUT2D eigenvalue weighted by molar-refractivity contribution is -0.138. The summed E-state index contributed by atoms with van der Waals surface area (Å²) in [6, 6.07) is 5.59. The van der Waals surface area contributed by atoms with Crippen LogP contribution in [0.15, 0.2) is 24.3 Å². The lowest BCUT2D eigenvalue weighted by Crippen LogP contribution is -2.53. The molecule has 2 aliphatic heterocycles. The quantitative estimate of drug-likeness (QED) is 0.630. The fraction of sp³-hybridized carbons (Fsp3) is 0.615. The number of likely N-dealkylation sites (tertiary alicyclic amines) is 2. The van der Waals surface area contributed by atoms with Crippen molar-refractivity contribution in [2.24, 2.45) is 11.8 Å². The summed E-state index contributed by atoms with van der Waals surface area (Å²) in [6.45, 7) is 8.29. The molecule has 8 nitrogen and oxygen atoms in total. The molecule has 2 aliphatic rings. The van der Waals surface area contributed by atoms with E-state index in [1.54, 1.807) is 21.9 Å². The van der Waals surface area contributed by atoms with Gasteiger partial charge in [0.25, 0.3) is 5.91 Å². The smallest absolute Gasteiger partial charge is 0.251 e. The fourth-order valence-corrected chi connectivity index (χ4v) is 4.86. The number of carbonyl (C=O) groups excluding carboxylic acids is 4. The minimum absolute atomic E-state index is 0.0224. The van der Waals surface area contributed by atoms with Crippen LogP contribution in [-0.4, -0.2) is 78.6 Å². The highest BCUT2D eigenvalue weighted by Gasteiger charge is 2.52. The van der Waals surface area contributed by atoms with Crippen LogP contribution < -0.4 is 10.2 Å². The first-order valence-electron chi connectivity index (χ1n) is 12.3. The van der Waals surface area contributed by atoms with E-state index in [9.17, 15) is 19.2 Å². The monoisotopic (exact) mass is 470 g/mol. The minimum atomic E-state index is -0.730. The lowest BCUT2D eigenvalue weighted by Gasteiger charge is -2.29. The van der Waals surface area contributed by atoms with Crippen molar-refractivity contribution in [3.63, 3.8) is 0 Å². The largest absolute Gasteiger partial charge is 0.378 e. The van der Waals surface area contributed by atoms with Crippen LogP contribution >= 0.6 is 0 Å². The molecule has 0 aliphatic carbocycles. The van der Waals surface area contributed by atoms with Crippen LogP contribution in [0, 0.1) is 11.8 Å². The first-order valence-corrected chi connectivity index (χ1v) is 12.3. The molecular formula is C26H38N4O4. The highest BCUT2D eigenvalue weighted by atomic mass is 16.2. The van der Waals surface area contributed by atoms with Gasteiger partial charge in [-0.15, -0.1) is 0 Å². The average molecular weight is 471 g/mol. The summed E-state index contributed by atoms with van der Waals surface area (Å²) in [5, 5.41) is 2.91. The van der Waals surface area contributed by atoms with Crippen molar-refractivity contribution in [1.29, 1.82) is 0 Å². The lowest BCUT2D eigenvalue weighted by atomic mass is 10.0. The SMILES string of the molecule is CCC(C)C(=O)N1CC(=O)C2C1CCN2C(=O)[C@H](CC(C)C)NC(=O)c1ccc(N(C)C)cc1. The zero-order valence-electron chi connectivity index (χ0n) is 21.2. The highest BCUT2D eigenvalue weighted by Crippen LogP contribution is 2.32. The summed E-state index contributed by atoms with van der Waals surface area (Å²) in [7, 11) is 3.86. The fourth-order valence-electron chi connectivity index (χ4n) is 4.86. The highest BCUT2D eigenvalue weighted by molar-refractivity contribution is 6.01. The molecule has 1 N–H and O–H groups in total. The van der Waals surface area contributed by atoms with Gasteiger partial charge >= 0.3 is 0 Å². The number of nitrogens with one attached hydrogen (secondary N) is 1. The normalized spacial score (nSPS) is 21.4. The van der Waals surface area contributed by atoms with Crippen LogP contribution in [0.25, 0.3) is 0 Å². The van der Waals surface area contributed by atoms with E-state index in [0.29, 0.717) is 31.4 Å². The number of carbonyl (C=O) groups is 4. The molecule has 2 heterocycles. The summed E-state index contributed by atoms with van der Waals surface area (Å²) in [4.78, 5) is 57.5. The number of Topliss-reactive ketones (excluding diaryl/α,β-unsaturated/α-hetero) is 1. The van der Waals surface area contributed by atoms with E-state index >= 15 is 0 Å². The molecule has 0 aromatic heterocycles. The Morgan fingerprint density at radius 2 is 1.71 bits per heavy atom. The number of benzene rings is 1. The molecule has 0 spiro atoms. The summed E-state index contributed by atoms with van der Waals surface area (Å²) < 4.78 is 0. The third kappa shape index (κ3) is 5.26. The van der Waals surface area contributed by atoms with E-state index in [4.69, 9.17) is 0 Å². The molecule has 0 radical (unpaired) electrons. The molecule has 1 aromatic carbocycles. The molecule has 2 fully saturated rings. The molecule has 1 aromatic rings. The Morgan fingerprint density at radius 3 is 2.26 bits per heavy atom. The molecule has 0 bridgehead atoms. The maximum Gasteiger partial charge on any atom is 0.251 e. The molecule has 0 saturated carbocycles. The van der Waals surface area contributed by atoms with Gasteiger partial charge < -0.3 is 20.0 Å². The molecule has 3 amide bonds. The number of hydrogen-bond acceptors (Lipinski definition) is 5. The van der Waals surface area contributed by atoms with E-state index in [0.717, 1.165) is 5.69 Å². The Bertz CT molecular complexity index is 927. The van der Waals surface area contributed by atoms with E-state index in [-0.39, 0.29) is 47.9 Å². The molecule has 8 heteroatoms. The predicted molar refractivity (Wildman–Crippen MR) is 132 cm³/mol. The number of fused-ring (bicyclic) bond motifs is 1. The van der Waals surface area contributed by atoms with Crippen molar-refractivity contribution in [3.05, 3.63) is 29.8 Å². The molecule has 3 rings (SSSR count). The van der Waals surface area contributed by atoms with Crippen molar-refractivity contribution < 1.29 is 19.2 Å². The van der Waals surface area contributed by atoms with Crippen LogP contribution in [0.5, 0.6) is 0 Å². The van der Waals surface area contributed by atoms with Crippen molar-refractivity contribution in [2.75, 3.05) is 32.1 Å². The Hall–Kier alpha value is -2.90. The molecular weight excluding hydrogens is 432 g/mol. The van der Waals surface area contributed by atoms with Gasteiger partial charge in [-0.25, -0.2) is 0 Å². The second kappa shape index (κ2) is 10.6. The van der Waals surface area contributed by atoms with Crippen molar-refractivity contribution >= 4 is 29.2 Å². The van der Waals surface area contributed by atoms with E-state index < -0.39 is 12.1 Å². The van der Waals surface area contributed by atoms with Crippen LogP contribution in [0.1, 0.15) is 57.3 Å². The van der Waals surface area contributed by atoms with E-state index in [2.05, 4.69) is 5.32 Å². The summed E-state index contributed by atoms with van der Waals surface area (Å²) in [5.74, 6) is -0.654. The second-order valence-corrected chi connectivity index (χ2v) is 10.2. The molecule has 34 heavy (non-hydrogen) atoms. The first kappa shape index (κ1) is 25.7. The number of nitrogens with zero attached hydrogens (tertiary/aromatic N) is 3. The van der Waals surface area contributed by atoms with Crippen LogP contribution in [-0.2, 0) is 14.4 Å². The molecule has 3 unspecified atom stereocenters. The van der Waals surface area contributed by atoms with Crippen molar-refractivity contribution in [1.82, 2.24) is 15.1 Å². The summed E-state index contributed by atoms with van der Waals surface area (Å²) in [6.07, 6.45) is 1.76. The third-order valence-electron chi connectivity index (χ3n) is 6.98. The van der Waals surface area contributed by atoms with Crippen LogP contribution in [0.2, 0.25) is 0 Å². The van der Waals surface area contributed by atoms with Crippen LogP contribution in [0.4, 0.5) is 5.69 Å². The van der Waals surface area contributed by atoms with E-state index in [1.165, 1.54) is 0 Å². The number of hydrogen-bond donors (Lipinski definition) is 1. The third-order valence-corrected chi connectivity index (χ3v) is 6.98. The standard InChI is InChI=1S/C26H38N4O4/c1-7-17(4)25(33)30-15-22(31)23-21(30)12-13-29(23)26(34)20(14-16(2)3)27-24(32)18-8-10-19(11-9-18)28(5)6/h8-11,16-17,20-21,23H,7,12-15H2,1-6H3,(H,27,32)/t17?,20-,21?,23?/m0/s1. The summed E-state index contributed by atoms with van der Waals surface area (Å²) in [5.41, 5.74) is 1.46. The van der Waals surface area contributed by atoms with Gasteiger partial charge in [0.05, 0.1) is 12.6 Å². The number of amides is 3. The van der Waals surface area contributed by atoms with Crippen LogP contribution in [0.3, 0.4) is 0 Å². The zero-order chi connectivity index (χ0) is 25.2. The molecule has 186 valence electrons. The van der Waals surface area contributed by atoms with Gasteiger partial charge in [0.1, 0.15) is 12.1 Å². The summed E-state index contributed by atoms with van der Waals surface area (Å²) >= 11 is 0. The number of ketones is 1. The van der Waals surface area contributed by atoms with E-state index in [1.807, 2.05) is 58.8 Å². The maximum atomic E-state index is 13.6. The van der Waals surface area contributed by atoms with Gasteiger partial charge in [-0.05, 0) is 49.4 Å². The Kier molecular flexibility index (Phi) is 8.00. The van der Waals surface area contributed by atoms with Gasteiger partial charge in [-0.2, -0.15) is 0 Å². The maximum absolute atomic E-state index is 13.6. The Labute approximate surface area is 202 Å². The second-order valence-electron chi connectivity index (χ2n) is 10.2. The van der Waals surface area contributed by atoms with Gasteiger partial charge in [-0.1, -0.05) is 27.7 Å². The molecule has 4 atom stereocenters. The minimum Gasteiger partial charge on any atom is -0.378 e. The predicted octanol–water partition coefficient (Wildman–Crippen LogP) is 2.32. The van der Waals surface area contributed by atoms with Gasteiger partial charge in [0.2, 0.25) is 11.8 Å². The topological polar surface area (TPSA) is 90.0 Å². The Morgan fingerprint density at radius 1 is 1.06 bits per heavy atom.